The van der Waals surface area contributed by atoms with E-state index >= 15 is 0 Å². The topological polar surface area (TPSA) is 38.4 Å². The number of aliphatic imine (C=N–C) groups is 1. The number of nitrogens with zero attached hydrogens (tertiary/aromatic N) is 1. The normalized spacial score (nSPS) is 18.0. The third kappa shape index (κ3) is 2.64. The van der Waals surface area contributed by atoms with Gasteiger partial charge in [-0.3, -0.25) is 0 Å². The fourth-order valence-electron chi connectivity index (χ4n) is 2.20. The molecule has 16 heavy (non-hydrogen) atoms. The zero-order valence-electron chi connectivity index (χ0n) is 9.54. The molecule has 2 nitrogen and oxygen atoms in total. The third-order valence-electron chi connectivity index (χ3n) is 3.18. The van der Waals surface area contributed by atoms with Crippen molar-refractivity contribution in [1.29, 1.82) is 0 Å². The van der Waals surface area contributed by atoms with Crippen LogP contribution in [-0.4, -0.2) is 5.84 Å². The SMILES string of the molecule is Cc1cc(Br)ccc1N=C(N)C1CCCC1. The maximum atomic E-state index is 6.06. The van der Waals surface area contributed by atoms with Gasteiger partial charge in [0.05, 0.1) is 5.69 Å². The van der Waals surface area contributed by atoms with Gasteiger partial charge in [-0.2, -0.15) is 0 Å². The lowest BCUT2D eigenvalue weighted by Gasteiger charge is -2.09. The molecule has 1 aliphatic carbocycles. The number of rotatable bonds is 2. The zero-order chi connectivity index (χ0) is 11.5. The molecular formula is C13H17BrN2. The summed E-state index contributed by atoms with van der Waals surface area (Å²) in [5.41, 5.74) is 8.21. The van der Waals surface area contributed by atoms with Gasteiger partial charge in [-0.05, 0) is 43.5 Å². The minimum Gasteiger partial charge on any atom is -0.387 e. The fraction of sp³-hybridized carbons (Fsp3) is 0.462. The Kier molecular flexibility index (Phi) is 3.64. The minimum absolute atomic E-state index is 0.503. The molecule has 0 spiro atoms. The van der Waals surface area contributed by atoms with Crippen LogP contribution in [0.25, 0.3) is 0 Å². The van der Waals surface area contributed by atoms with Crippen LogP contribution in [0.4, 0.5) is 5.69 Å². The van der Waals surface area contributed by atoms with Gasteiger partial charge in [-0.15, -0.1) is 0 Å². The van der Waals surface area contributed by atoms with Crippen molar-refractivity contribution >= 4 is 27.5 Å². The molecule has 1 aromatic carbocycles. The second-order valence-electron chi connectivity index (χ2n) is 4.45. The van der Waals surface area contributed by atoms with Crippen molar-refractivity contribution in [3.8, 4) is 0 Å². The fourth-order valence-corrected chi connectivity index (χ4v) is 2.67. The summed E-state index contributed by atoms with van der Waals surface area (Å²) in [4.78, 5) is 4.56. The first-order valence-corrected chi connectivity index (χ1v) is 6.56. The predicted molar refractivity (Wildman–Crippen MR) is 72.1 cm³/mol. The highest BCUT2D eigenvalue weighted by molar-refractivity contribution is 9.10. The van der Waals surface area contributed by atoms with Crippen LogP contribution in [0.1, 0.15) is 31.2 Å². The van der Waals surface area contributed by atoms with Crippen LogP contribution in [0.15, 0.2) is 27.7 Å². The van der Waals surface area contributed by atoms with E-state index in [1.165, 1.54) is 25.7 Å². The molecule has 86 valence electrons. The summed E-state index contributed by atoms with van der Waals surface area (Å²) >= 11 is 3.45. The lowest BCUT2D eigenvalue weighted by atomic mass is 10.1. The summed E-state index contributed by atoms with van der Waals surface area (Å²) < 4.78 is 1.09. The molecule has 3 heteroatoms. The Bertz CT molecular complexity index is 406. The Morgan fingerprint density at radius 2 is 2.06 bits per heavy atom. The number of halogens is 1. The van der Waals surface area contributed by atoms with E-state index < -0.39 is 0 Å². The summed E-state index contributed by atoms with van der Waals surface area (Å²) in [5, 5.41) is 0. The van der Waals surface area contributed by atoms with Crippen molar-refractivity contribution < 1.29 is 0 Å². The lowest BCUT2D eigenvalue weighted by molar-refractivity contribution is 0.722. The second kappa shape index (κ2) is 5.00. The maximum absolute atomic E-state index is 6.06. The smallest absolute Gasteiger partial charge is 0.103 e. The molecule has 0 atom stereocenters. The quantitative estimate of drug-likeness (QED) is 0.647. The molecule has 1 aliphatic rings. The Hall–Kier alpha value is -0.830. The van der Waals surface area contributed by atoms with Gasteiger partial charge in [0, 0.05) is 10.4 Å². The zero-order valence-corrected chi connectivity index (χ0v) is 11.1. The molecule has 2 N–H and O–H groups in total. The highest BCUT2D eigenvalue weighted by Gasteiger charge is 2.18. The van der Waals surface area contributed by atoms with Gasteiger partial charge in [-0.25, -0.2) is 4.99 Å². The Morgan fingerprint density at radius 3 is 2.69 bits per heavy atom. The molecule has 0 radical (unpaired) electrons. The van der Waals surface area contributed by atoms with Crippen LogP contribution in [0.5, 0.6) is 0 Å². The highest BCUT2D eigenvalue weighted by atomic mass is 79.9. The molecule has 1 saturated carbocycles. The van der Waals surface area contributed by atoms with Crippen LogP contribution in [0.3, 0.4) is 0 Å². The molecule has 0 aliphatic heterocycles. The summed E-state index contributed by atoms with van der Waals surface area (Å²) in [7, 11) is 0. The maximum Gasteiger partial charge on any atom is 0.103 e. The number of hydrogen-bond donors (Lipinski definition) is 1. The molecule has 0 heterocycles. The third-order valence-corrected chi connectivity index (χ3v) is 3.68. The van der Waals surface area contributed by atoms with Crippen molar-refractivity contribution in [2.45, 2.75) is 32.6 Å². The van der Waals surface area contributed by atoms with Crippen molar-refractivity contribution in [1.82, 2.24) is 0 Å². The van der Waals surface area contributed by atoms with Gasteiger partial charge in [0.2, 0.25) is 0 Å². The van der Waals surface area contributed by atoms with E-state index in [-0.39, 0.29) is 0 Å². The first kappa shape index (κ1) is 11.6. The van der Waals surface area contributed by atoms with E-state index in [4.69, 9.17) is 5.73 Å². The van der Waals surface area contributed by atoms with Crippen molar-refractivity contribution in [3.63, 3.8) is 0 Å². The minimum atomic E-state index is 0.503. The monoisotopic (exact) mass is 280 g/mol. The number of hydrogen-bond acceptors (Lipinski definition) is 1. The number of nitrogens with two attached hydrogens (primary N) is 1. The van der Waals surface area contributed by atoms with Crippen LogP contribution < -0.4 is 5.73 Å². The Labute approximate surface area is 105 Å². The Morgan fingerprint density at radius 1 is 1.38 bits per heavy atom. The standard InChI is InChI=1S/C13H17BrN2/c1-9-8-11(14)6-7-12(9)16-13(15)10-4-2-3-5-10/h6-8,10H,2-5H2,1H3,(H2,15,16). The van der Waals surface area contributed by atoms with Crippen molar-refractivity contribution in [2.24, 2.45) is 16.6 Å². The van der Waals surface area contributed by atoms with Gasteiger partial charge in [0.1, 0.15) is 5.84 Å². The van der Waals surface area contributed by atoms with E-state index in [1.807, 2.05) is 12.1 Å². The van der Waals surface area contributed by atoms with Gasteiger partial charge in [0.25, 0.3) is 0 Å². The van der Waals surface area contributed by atoms with Gasteiger partial charge in [-0.1, -0.05) is 28.8 Å². The average molecular weight is 281 g/mol. The van der Waals surface area contributed by atoms with Crippen LogP contribution in [-0.2, 0) is 0 Å². The van der Waals surface area contributed by atoms with Crippen LogP contribution in [0, 0.1) is 12.8 Å². The van der Waals surface area contributed by atoms with Crippen LogP contribution >= 0.6 is 15.9 Å². The summed E-state index contributed by atoms with van der Waals surface area (Å²) in [6.07, 6.45) is 4.98. The average Bonchev–Trinajstić information content (AvgIpc) is 2.75. The van der Waals surface area contributed by atoms with Gasteiger partial charge in [0.15, 0.2) is 0 Å². The van der Waals surface area contributed by atoms with E-state index in [2.05, 4.69) is 33.9 Å². The molecule has 0 bridgehead atoms. The van der Waals surface area contributed by atoms with E-state index in [0.717, 1.165) is 21.6 Å². The molecular weight excluding hydrogens is 264 g/mol. The van der Waals surface area contributed by atoms with Crippen molar-refractivity contribution in [3.05, 3.63) is 28.2 Å². The van der Waals surface area contributed by atoms with E-state index in [1.54, 1.807) is 0 Å². The molecule has 1 aromatic rings. The highest BCUT2D eigenvalue weighted by Crippen LogP contribution is 2.28. The van der Waals surface area contributed by atoms with E-state index in [0.29, 0.717) is 5.92 Å². The van der Waals surface area contributed by atoms with Crippen molar-refractivity contribution in [2.75, 3.05) is 0 Å². The molecule has 2 rings (SSSR count). The Balaban J connectivity index is 2.20. The first-order chi connectivity index (χ1) is 7.66. The molecule has 0 aromatic heterocycles. The summed E-state index contributed by atoms with van der Waals surface area (Å²) in [6, 6.07) is 6.09. The largest absolute Gasteiger partial charge is 0.387 e. The summed E-state index contributed by atoms with van der Waals surface area (Å²) in [5.74, 6) is 1.31. The van der Waals surface area contributed by atoms with E-state index in [9.17, 15) is 0 Å². The van der Waals surface area contributed by atoms with Gasteiger partial charge >= 0.3 is 0 Å². The second-order valence-corrected chi connectivity index (χ2v) is 5.36. The predicted octanol–water partition coefficient (Wildman–Crippen LogP) is 3.94. The summed E-state index contributed by atoms with van der Waals surface area (Å²) in [6.45, 7) is 2.06. The molecule has 0 unspecified atom stereocenters. The number of benzene rings is 1. The number of aryl methyl sites for hydroxylation is 1. The molecule has 0 amide bonds. The molecule has 0 saturated heterocycles. The van der Waals surface area contributed by atoms with Crippen LogP contribution in [0.2, 0.25) is 0 Å². The molecule has 1 fully saturated rings. The van der Waals surface area contributed by atoms with Gasteiger partial charge < -0.3 is 5.73 Å². The lowest BCUT2D eigenvalue weighted by Crippen LogP contribution is -2.20. The number of amidine groups is 1. The first-order valence-electron chi connectivity index (χ1n) is 5.77.